The van der Waals surface area contributed by atoms with Crippen LogP contribution in [0.5, 0.6) is 23.3 Å². The minimum absolute atomic E-state index is 0. The van der Waals surface area contributed by atoms with Gasteiger partial charge in [-0.25, -0.2) is 38.7 Å². The van der Waals surface area contributed by atoms with Gasteiger partial charge < -0.3 is 18.9 Å². The third-order valence-electron chi connectivity index (χ3n) is 10.6. The maximum atomic E-state index is 14.7. The number of methoxy groups -OCH3 is 2. The van der Waals surface area contributed by atoms with Gasteiger partial charge in [0.25, 0.3) is 0 Å². The lowest BCUT2D eigenvalue weighted by molar-refractivity contribution is 0.0773. The Morgan fingerprint density at radius 3 is 1.28 bits per heavy atom. The SMILES string of the molecule is COc1cc(OC2CCN([C@@H](C)c3nc4nc(C)sc4cc3F)CC2)cc(C)n1.COc1cc(OC2CCN([C@H](C)c3nc4nc(C)sc4cc3F)CC2)cc(C)n1.Cl.Cl. The summed E-state index contributed by atoms with van der Waals surface area (Å²) in [7, 11) is 3.20. The fourth-order valence-corrected chi connectivity index (χ4v) is 9.15. The molecule has 12 nitrogen and oxygen atoms in total. The van der Waals surface area contributed by atoms with Crippen LogP contribution in [0, 0.1) is 39.3 Å². The summed E-state index contributed by atoms with van der Waals surface area (Å²) in [4.78, 5) is 30.9. The van der Waals surface area contributed by atoms with Gasteiger partial charge in [0.2, 0.25) is 11.8 Å². The number of rotatable bonds is 10. The van der Waals surface area contributed by atoms with Crippen LogP contribution in [-0.2, 0) is 0 Å². The average Bonchev–Trinajstić information content (AvgIpc) is 3.75. The summed E-state index contributed by atoms with van der Waals surface area (Å²) in [5.74, 6) is 2.15. The molecule has 0 amide bonds. The standard InChI is InChI=1S/2C21H25FN4O2S.2ClH/c2*1-12-9-16(10-19(23-12)27-4)28-15-5-7-26(8-6-15)13(2)20-17(22)11-18-21(25-20)24-14(3)29-18;;/h2*9-11,13,15H,5-8H2,1-4H3;2*1H/t2*13-;;/m10../s1. The molecule has 2 aliphatic heterocycles. The molecule has 0 aliphatic carbocycles. The Morgan fingerprint density at radius 1 is 0.567 bits per heavy atom. The zero-order valence-corrected chi connectivity index (χ0v) is 38.3. The molecule has 0 unspecified atom stereocenters. The van der Waals surface area contributed by atoms with E-state index in [1.54, 1.807) is 26.4 Å². The second-order valence-electron chi connectivity index (χ2n) is 14.9. The zero-order chi connectivity index (χ0) is 41.1. The number of pyridine rings is 4. The first-order valence-corrected chi connectivity index (χ1v) is 21.2. The molecule has 0 N–H and O–H groups in total. The lowest BCUT2D eigenvalue weighted by Crippen LogP contribution is -2.40. The summed E-state index contributed by atoms with van der Waals surface area (Å²) < 4.78 is 53.6. The van der Waals surface area contributed by atoms with Gasteiger partial charge in [-0.05, 0) is 79.4 Å². The number of nitrogens with zero attached hydrogens (tertiary/aromatic N) is 8. The minimum Gasteiger partial charge on any atom is -0.490 e. The number of aryl methyl sites for hydroxylation is 4. The molecule has 0 spiro atoms. The van der Waals surface area contributed by atoms with Crippen LogP contribution in [0.1, 0.15) is 84.4 Å². The van der Waals surface area contributed by atoms with E-state index in [-0.39, 0.29) is 60.7 Å². The molecule has 8 rings (SSSR count). The molecule has 2 aliphatic rings. The van der Waals surface area contributed by atoms with E-state index in [4.69, 9.17) is 18.9 Å². The van der Waals surface area contributed by atoms with Crippen molar-refractivity contribution in [3.05, 3.63) is 80.8 Å². The normalized spacial score (nSPS) is 16.3. The van der Waals surface area contributed by atoms with Crippen molar-refractivity contribution in [2.45, 2.75) is 91.5 Å². The number of piperidine rings is 2. The number of thiazole rings is 2. The van der Waals surface area contributed by atoms with Crippen molar-refractivity contribution >= 4 is 68.2 Å². The fourth-order valence-electron chi connectivity index (χ4n) is 7.56. The monoisotopic (exact) mass is 904 g/mol. The molecule has 8 heterocycles. The van der Waals surface area contributed by atoms with E-state index in [2.05, 4.69) is 39.7 Å². The largest absolute Gasteiger partial charge is 0.490 e. The number of fused-ring (bicyclic) bond motifs is 2. The van der Waals surface area contributed by atoms with Gasteiger partial charge in [-0.15, -0.1) is 47.5 Å². The summed E-state index contributed by atoms with van der Waals surface area (Å²) in [6, 6.07) is 10.4. The molecule has 60 heavy (non-hydrogen) atoms. The van der Waals surface area contributed by atoms with Crippen molar-refractivity contribution in [2.24, 2.45) is 0 Å². The second-order valence-corrected chi connectivity index (χ2v) is 17.3. The van der Waals surface area contributed by atoms with Crippen molar-refractivity contribution in [3.8, 4) is 23.3 Å². The first kappa shape index (κ1) is 47.0. The van der Waals surface area contributed by atoms with Crippen molar-refractivity contribution in [1.29, 1.82) is 0 Å². The molecule has 0 saturated carbocycles. The third-order valence-corrected chi connectivity index (χ3v) is 12.4. The van der Waals surface area contributed by atoms with E-state index < -0.39 is 0 Å². The molecule has 6 aromatic heterocycles. The van der Waals surface area contributed by atoms with Crippen LogP contribution in [0.4, 0.5) is 8.78 Å². The lowest BCUT2D eigenvalue weighted by atomic mass is 10.0. The van der Waals surface area contributed by atoms with E-state index in [0.29, 0.717) is 34.4 Å². The van der Waals surface area contributed by atoms with Gasteiger partial charge in [0.1, 0.15) is 35.3 Å². The van der Waals surface area contributed by atoms with Gasteiger partial charge in [0, 0.05) is 61.8 Å². The lowest BCUT2D eigenvalue weighted by Gasteiger charge is -2.35. The highest BCUT2D eigenvalue weighted by molar-refractivity contribution is 7.18. The van der Waals surface area contributed by atoms with Gasteiger partial charge in [-0.1, -0.05) is 0 Å². The number of ether oxygens (including phenoxy) is 4. The molecule has 0 radical (unpaired) electrons. The van der Waals surface area contributed by atoms with E-state index >= 15 is 0 Å². The van der Waals surface area contributed by atoms with Crippen molar-refractivity contribution < 1.29 is 27.7 Å². The molecule has 18 heteroatoms. The summed E-state index contributed by atoms with van der Waals surface area (Å²) in [6.07, 6.45) is 3.71. The Morgan fingerprint density at radius 2 is 0.933 bits per heavy atom. The highest BCUT2D eigenvalue weighted by atomic mass is 35.5. The Labute approximate surface area is 369 Å². The predicted molar refractivity (Wildman–Crippen MR) is 237 cm³/mol. The molecular formula is C42H52Cl2F2N8O4S2. The molecule has 2 atom stereocenters. The molecule has 2 saturated heterocycles. The average molecular weight is 906 g/mol. The maximum absolute atomic E-state index is 14.7. The van der Waals surface area contributed by atoms with Crippen molar-refractivity contribution in [1.82, 2.24) is 39.7 Å². The topological polar surface area (TPSA) is 121 Å². The van der Waals surface area contributed by atoms with Gasteiger partial charge in [0.15, 0.2) is 11.3 Å². The molecule has 6 aromatic rings. The van der Waals surface area contributed by atoms with Gasteiger partial charge in [-0.3, -0.25) is 9.80 Å². The predicted octanol–water partition coefficient (Wildman–Crippen LogP) is 9.75. The zero-order valence-electron chi connectivity index (χ0n) is 35.0. The Balaban J connectivity index is 0.000000220. The summed E-state index contributed by atoms with van der Waals surface area (Å²) >= 11 is 2.94. The van der Waals surface area contributed by atoms with E-state index in [9.17, 15) is 8.78 Å². The minimum atomic E-state index is -0.258. The van der Waals surface area contributed by atoms with Gasteiger partial charge in [0.05, 0.1) is 57.1 Å². The first-order valence-electron chi connectivity index (χ1n) is 19.6. The molecular weight excluding hydrogens is 854 g/mol. The van der Waals surface area contributed by atoms with Crippen LogP contribution in [-0.4, -0.2) is 92.3 Å². The first-order chi connectivity index (χ1) is 27.8. The molecule has 324 valence electrons. The number of halogens is 4. The number of likely N-dealkylation sites (tertiary alicyclic amines) is 2. The van der Waals surface area contributed by atoms with E-state index in [1.807, 2.05) is 65.8 Å². The van der Waals surface area contributed by atoms with Crippen LogP contribution in [0.15, 0.2) is 36.4 Å². The van der Waals surface area contributed by atoms with Gasteiger partial charge >= 0.3 is 0 Å². The van der Waals surface area contributed by atoms with Crippen LogP contribution < -0.4 is 18.9 Å². The molecule has 0 bridgehead atoms. The Kier molecular flexibility index (Phi) is 16.2. The second kappa shape index (κ2) is 20.7. The Bertz CT molecular complexity index is 2210. The third kappa shape index (κ3) is 11.2. The summed E-state index contributed by atoms with van der Waals surface area (Å²) in [6.45, 7) is 15.0. The maximum Gasteiger partial charge on any atom is 0.216 e. The highest BCUT2D eigenvalue weighted by Crippen LogP contribution is 2.32. The van der Waals surface area contributed by atoms with Crippen LogP contribution >= 0.6 is 47.5 Å². The van der Waals surface area contributed by atoms with Crippen molar-refractivity contribution in [2.75, 3.05) is 40.4 Å². The van der Waals surface area contributed by atoms with Gasteiger partial charge in [-0.2, -0.15) is 0 Å². The molecule has 0 aromatic carbocycles. The smallest absolute Gasteiger partial charge is 0.216 e. The summed E-state index contributed by atoms with van der Waals surface area (Å²) in [5.41, 5.74) is 3.93. The molecule has 2 fully saturated rings. The highest BCUT2D eigenvalue weighted by Gasteiger charge is 2.29. The van der Waals surface area contributed by atoms with Crippen LogP contribution in [0.3, 0.4) is 0 Å². The fraction of sp³-hybridized carbons (Fsp3) is 0.476. The van der Waals surface area contributed by atoms with Crippen molar-refractivity contribution in [3.63, 3.8) is 0 Å². The summed E-state index contributed by atoms with van der Waals surface area (Å²) in [5, 5.41) is 1.80. The number of hydrogen-bond acceptors (Lipinski definition) is 14. The van der Waals surface area contributed by atoms with Crippen LogP contribution in [0.25, 0.3) is 20.7 Å². The number of aromatic nitrogens is 6. The number of hydrogen-bond donors (Lipinski definition) is 0. The quantitative estimate of drug-likeness (QED) is 0.130. The van der Waals surface area contributed by atoms with E-state index in [1.165, 1.54) is 22.7 Å². The Hall–Kier alpha value is -4.06. The van der Waals surface area contributed by atoms with Crippen LogP contribution in [0.2, 0.25) is 0 Å². The van der Waals surface area contributed by atoms with E-state index in [0.717, 1.165) is 94.2 Å².